The molecule has 1 nitrogen and oxygen atoms in total. The number of aromatic nitrogens is 1. The fourth-order valence-electron chi connectivity index (χ4n) is 1.45. The van der Waals surface area contributed by atoms with Crippen molar-refractivity contribution in [3.05, 3.63) is 36.0 Å². The van der Waals surface area contributed by atoms with Crippen molar-refractivity contribution in [2.45, 2.75) is 6.92 Å². The van der Waals surface area contributed by atoms with Gasteiger partial charge in [-0.05, 0) is 0 Å². The van der Waals surface area contributed by atoms with Gasteiger partial charge in [-0.3, -0.25) is 0 Å². The molecule has 0 fully saturated rings. The van der Waals surface area contributed by atoms with Crippen molar-refractivity contribution in [3.63, 3.8) is 0 Å². The Morgan fingerprint density at radius 3 is 2.60 bits per heavy atom. The number of nitrogens with zero attached hydrogens (tertiary/aromatic N) is 1. The molecule has 0 aliphatic rings. The van der Waals surface area contributed by atoms with Crippen LogP contribution in [0, 0.1) is 6.92 Å². The molecule has 0 saturated heterocycles. The summed E-state index contributed by atoms with van der Waals surface area (Å²) in [4.78, 5) is 4.33. The van der Waals surface area contributed by atoms with Crippen LogP contribution in [0.5, 0.6) is 0 Å². The van der Waals surface area contributed by atoms with Crippen molar-refractivity contribution in [1.29, 1.82) is 0 Å². The first kappa shape index (κ1) is 13.1. The van der Waals surface area contributed by atoms with Crippen LogP contribution in [0.25, 0.3) is 10.9 Å². The monoisotopic (exact) mass is 323 g/mol. The average molecular weight is 324 g/mol. The average Bonchev–Trinajstić information content (AvgIpc) is 2.18. The number of fused-ring (bicyclic) bond motifs is 1. The van der Waals surface area contributed by atoms with Gasteiger partial charge in [-0.15, -0.1) is 12.4 Å². The molecular formula is C10H9AsCl3N. The van der Waals surface area contributed by atoms with E-state index in [1.807, 2.05) is 31.2 Å². The first-order valence-corrected chi connectivity index (χ1v) is 10.0. The molecule has 1 heterocycles. The maximum Gasteiger partial charge on any atom is -0.147 e. The Bertz CT molecular complexity index is 473. The van der Waals surface area contributed by atoms with Crippen molar-refractivity contribution in [1.82, 2.24) is 4.98 Å². The Morgan fingerprint density at radius 2 is 1.93 bits per heavy atom. The first-order valence-electron chi connectivity index (χ1n) is 4.16. The van der Waals surface area contributed by atoms with Crippen molar-refractivity contribution < 1.29 is 0 Å². The molecule has 2 aromatic rings. The van der Waals surface area contributed by atoms with E-state index in [1.165, 1.54) is 0 Å². The third kappa shape index (κ3) is 2.60. The van der Waals surface area contributed by atoms with Crippen LogP contribution in [0.3, 0.4) is 0 Å². The second-order valence-electron chi connectivity index (χ2n) is 3.03. The summed E-state index contributed by atoms with van der Waals surface area (Å²) in [6.45, 7) is 2.04. The summed E-state index contributed by atoms with van der Waals surface area (Å²) in [7, 11) is 12.0. The van der Waals surface area contributed by atoms with E-state index in [4.69, 9.17) is 19.9 Å². The number of rotatable bonds is 1. The first-order chi connectivity index (χ1) is 6.70. The van der Waals surface area contributed by atoms with Crippen LogP contribution in [0.4, 0.5) is 0 Å². The summed E-state index contributed by atoms with van der Waals surface area (Å²) in [6.07, 6.45) is 1.79. The smallest absolute Gasteiger partial charge is 0.147 e. The minimum Gasteiger partial charge on any atom is -0.147 e. The Morgan fingerprint density at radius 1 is 1.20 bits per heavy atom. The molecular weight excluding hydrogens is 315 g/mol. The summed E-state index contributed by atoms with van der Waals surface area (Å²) in [5.74, 6) is 0. The van der Waals surface area contributed by atoms with Crippen molar-refractivity contribution in [2.24, 2.45) is 0 Å². The molecule has 1 aromatic carbocycles. The number of halogens is 3. The zero-order valence-electron chi connectivity index (χ0n) is 7.95. The largest absolute Gasteiger partial charge is 0.147 e. The summed E-state index contributed by atoms with van der Waals surface area (Å²) >= 11 is -1.86. The van der Waals surface area contributed by atoms with Gasteiger partial charge in [0.1, 0.15) is 0 Å². The molecule has 5 heteroatoms. The predicted octanol–water partition coefficient (Wildman–Crippen LogP) is 3.14. The van der Waals surface area contributed by atoms with Gasteiger partial charge in [0.25, 0.3) is 0 Å². The molecule has 15 heavy (non-hydrogen) atoms. The van der Waals surface area contributed by atoms with E-state index in [2.05, 4.69) is 4.98 Å². The van der Waals surface area contributed by atoms with E-state index in [1.54, 1.807) is 6.20 Å². The molecule has 0 saturated carbocycles. The van der Waals surface area contributed by atoms with Crippen molar-refractivity contribution in [2.75, 3.05) is 0 Å². The Kier molecular flexibility index (Phi) is 4.73. The van der Waals surface area contributed by atoms with E-state index in [-0.39, 0.29) is 12.4 Å². The topological polar surface area (TPSA) is 12.9 Å². The van der Waals surface area contributed by atoms with Gasteiger partial charge in [-0.2, -0.15) is 0 Å². The fraction of sp³-hybridized carbons (Fsp3) is 0.100. The predicted molar refractivity (Wildman–Crippen MR) is 70.8 cm³/mol. The van der Waals surface area contributed by atoms with E-state index >= 15 is 0 Å². The number of pyridine rings is 1. The van der Waals surface area contributed by atoms with Gasteiger partial charge in [0.2, 0.25) is 0 Å². The molecule has 0 spiro atoms. The number of hydrogen-bond acceptors (Lipinski definition) is 1. The van der Waals surface area contributed by atoms with Crippen molar-refractivity contribution in [3.8, 4) is 0 Å². The minimum absolute atomic E-state index is 0. The van der Waals surface area contributed by atoms with Gasteiger partial charge >= 0.3 is 95.9 Å². The standard InChI is InChI=1S/C10H8AsCl2N.ClH/c1-7-4-5-9(11(12)13)8-3-2-6-14-10(7)8;/h2-6H,1H3;1H. The normalized spacial score (nSPS) is 10.4. The zero-order chi connectivity index (χ0) is 10.1. The molecule has 0 radical (unpaired) electrons. The molecule has 0 bridgehead atoms. The molecule has 1 aromatic heterocycles. The SMILES string of the molecule is Cc1ccc([As](Cl)Cl)c2cccnc12.Cl. The van der Waals surface area contributed by atoms with Crippen LogP contribution in [-0.4, -0.2) is 17.8 Å². The maximum absolute atomic E-state index is 6.02. The molecule has 0 aliphatic heterocycles. The summed E-state index contributed by atoms with van der Waals surface area (Å²) in [5.41, 5.74) is 2.17. The second kappa shape index (κ2) is 5.41. The third-order valence-corrected chi connectivity index (χ3v) is 5.61. The van der Waals surface area contributed by atoms with Gasteiger partial charge in [0.05, 0.1) is 0 Å². The van der Waals surface area contributed by atoms with Crippen LogP contribution in [0.15, 0.2) is 30.5 Å². The zero-order valence-corrected chi connectivity index (χ0v) is 12.2. The van der Waals surface area contributed by atoms with Crippen LogP contribution < -0.4 is 4.35 Å². The molecule has 80 valence electrons. The molecule has 0 aliphatic carbocycles. The van der Waals surface area contributed by atoms with Crippen LogP contribution in [0.2, 0.25) is 0 Å². The summed E-state index contributed by atoms with van der Waals surface area (Å²) in [5, 5.41) is 1.09. The number of aryl methyl sites for hydroxylation is 1. The summed E-state index contributed by atoms with van der Waals surface area (Å²) in [6, 6.07) is 7.98. The van der Waals surface area contributed by atoms with E-state index < -0.39 is 12.8 Å². The Hall–Kier alpha value is 0.0584. The molecule has 0 N–H and O–H groups in total. The third-order valence-electron chi connectivity index (χ3n) is 2.13. The quantitative estimate of drug-likeness (QED) is 0.735. The molecule has 0 amide bonds. The minimum atomic E-state index is -1.86. The molecule has 0 unspecified atom stereocenters. The van der Waals surface area contributed by atoms with E-state index in [9.17, 15) is 0 Å². The van der Waals surface area contributed by atoms with Gasteiger partial charge in [-0.25, -0.2) is 0 Å². The molecule has 0 atom stereocenters. The van der Waals surface area contributed by atoms with Gasteiger partial charge in [0, 0.05) is 0 Å². The molecule has 2 rings (SSSR count). The summed E-state index contributed by atoms with van der Waals surface area (Å²) < 4.78 is 1.06. The van der Waals surface area contributed by atoms with Crippen molar-refractivity contribution >= 4 is 60.3 Å². The van der Waals surface area contributed by atoms with Crippen LogP contribution in [0.1, 0.15) is 5.56 Å². The van der Waals surface area contributed by atoms with E-state index in [0.29, 0.717) is 0 Å². The Labute approximate surface area is 108 Å². The van der Waals surface area contributed by atoms with E-state index in [0.717, 1.165) is 20.8 Å². The maximum atomic E-state index is 6.02. The number of benzene rings is 1. The fourth-order valence-corrected chi connectivity index (χ4v) is 4.13. The second-order valence-corrected chi connectivity index (χ2v) is 9.43. The van der Waals surface area contributed by atoms with Gasteiger partial charge < -0.3 is 0 Å². The van der Waals surface area contributed by atoms with Crippen LogP contribution in [-0.2, 0) is 0 Å². The Balaban J connectivity index is 0.00000112. The van der Waals surface area contributed by atoms with Gasteiger partial charge in [-0.1, -0.05) is 0 Å². The number of hydrogen-bond donors (Lipinski definition) is 0. The van der Waals surface area contributed by atoms with Crippen LogP contribution >= 0.6 is 32.3 Å². The van der Waals surface area contributed by atoms with Gasteiger partial charge in [0.15, 0.2) is 0 Å².